The third kappa shape index (κ3) is 2.87. The summed E-state index contributed by atoms with van der Waals surface area (Å²) in [5.74, 6) is -0.649. The van der Waals surface area contributed by atoms with E-state index in [0.29, 0.717) is 0 Å². The molecule has 0 bridgehead atoms. The molecule has 1 aromatic heterocycles. The zero-order valence-electron chi connectivity index (χ0n) is 9.49. The average molecular weight is 286 g/mol. The van der Waals surface area contributed by atoms with Crippen molar-refractivity contribution in [1.82, 2.24) is 0 Å². The molecule has 0 radical (unpaired) electrons. The van der Waals surface area contributed by atoms with Crippen molar-refractivity contribution in [3.8, 4) is 0 Å². The maximum Gasteiger partial charge on any atom is 0.418 e. The fraction of sp³-hybridized carbons (Fsp3) is 0.0833. The smallest absolute Gasteiger partial charge is 0.397 e. The fourth-order valence-electron chi connectivity index (χ4n) is 1.52. The van der Waals surface area contributed by atoms with Crippen molar-refractivity contribution < 1.29 is 18.0 Å². The van der Waals surface area contributed by atoms with Gasteiger partial charge in [-0.25, -0.2) is 0 Å². The number of nitrogens with two attached hydrogens (primary N) is 1. The summed E-state index contributed by atoms with van der Waals surface area (Å²) in [6.07, 6.45) is -4.52. The first-order chi connectivity index (χ1) is 8.89. The van der Waals surface area contributed by atoms with Crippen molar-refractivity contribution in [3.05, 3.63) is 46.2 Å². The Kier molecular flexibility index (Phi) is 3.48. The number of benzene rings is 1. The normalized spacial score (nSPS) is 11.3. The molecule has 0 atom stereocenters. The topological polar surface area (TPSA) is 55.1 Å². The molecule has 1 aromatic carbocycles. The van der Waals surface area contributed by atoms with Crippen LogP contribution in [-0.2, 0) is 6.18 Å². The van der Waals surface area contributed by atoms with Gasteiger partial charge in [0.05, 0.1) is 16.9 Å². The van der Waals surface area contributed by atoms with E-state index in [-0.39, 0.29) is 16.3 Å². The molecule has 0 aliphatic carbocycles. The van der Waals surface area contributed by atoms with E-state index in [1.165, 1.54) is 24.3 Å². The SMILES string of the molecule is Nc1ccsc1C(=O)Nc1ccccc1C(F)(F)F. The molecule has 3 nitrogen and oxygen atoms in total. The van der Waals surface area contributed by atoms with Crippen molar-refractivity contribution >= 4 is 28.6 Å². The molecule has 100 valence electrons. The van der Waals surface area contributed by atoms with Crippen LogP contribution in [0.3, 0.4) is 0 Å². The van der Waals surface area contributed by atoms with Gasteiger partial charge < -0.3 is 11.1 Å². The minimum Gasteiger partial charge on any atom is -0.397 e. The lowest BCUT2D eigenvalue weighted by molar-refractivity contribution is -0.136. The number of carbonyl (C=O) groups is 1. The van der Waals surface area contributed by atoms with Gasteiger partial charge in [0.2, 0.25) is 0 Å². The van der Waals surface area contributed by atoms with Crippen LogP contribution in [0.5, 0.6) is 0 Å². The number of anilines is 2. The summed E-state index contributed by atoms with van der Waals surface area (Å²) >= 11 is 1.07. The van der Waals surface area contributed by atoms with Crippen LogP contribution >= 0.6 is 11.3 Å². The van der Waals surface area contributed by atoms with E-state index in [2.05, 4.69) is 5.32 Å². The number of halogens is 3. The first-order valence-corrected chi connectivity index (χ1v) is 6.08. The predicted octanol–water partition coefficient (Wildman–Crippen LogP) is 3.60. The van der Waals surface area contributed by atoms with Crippen molar-refractivity contribution in [1.29, 1.82) is 0 Å². The van der Waals surface area contributed by atoms with E-state index in [1.54, 1.807) is 5.38 Å². The van der Waals surface area contributed by atoms with Crippen LogP contribution in [0.15, 0.2) is 35.7 Å². The highest BCUT2D eigenvalue weighted by Crippen LogP contribution is 2.35. The van der Waals surface area contributed by atoms with Gasteiger partial charge in [-0.15, -0.1) is 11.3 Å². The molecule has 3 N–H and O–H groups in total. The van der Waals surface area contributed by atoms with E-state index in [9.17, 15) is 18.0 Å². The first kappa shape index (κ1) is 13.4. The molecule has 0 aliphatic heterocycles. The number of amides is 1. The van der Waals surface area contributed by atoms with Gasteiger partial charge in [-0.05, 0) is 23.6 Å². The van der Waals surface area contributed by atoms with Gasteiger partial charge in [-0.1, -0.05) is 12.1 Å². The Morgan fingerprint density at radius 3 is 2.47 bits per heavy atom. The Morgan fingerprint density at radius 1 is 1.21 bits per heavy atom. The van der Waals surface area contributed by atoms with E-state index in [0.717, 1.165) is 17.4 Å². The highest BCUT2D eigenvalue weighted by Gasteiger charge is 2.33. The number of para-hydroxylation sites is 1. The van der Waals surface area contributed by atoms with Gasteiger partial charge in [0.25, 0.3) is 5.91 Å². The summed E-state index contributed by atoms with van der Waals surface area (Å²) in [7, 11) is 0. The minimum atomic E-state index is -4.52. The lowest BCUT2D eigenvalue weighted by Gasteiger charge is -2.13. The van der Waals surface area contributed by atoms with Crippen LogP contribution in [0, 0.1) is 0 Å². The van der Waals surface area contributed by atoms with Gasteiger partial charge in [0.1, 0.15) is 4.88 Å². The molecule has 0 saturated carbocycles. The van der Waals surface area contributed by atoms with Crippen molar-refractivity contribution in [2.45, 2.75) is 6.18 Å². The van der Waals surface area contributed by atoms with Gasteiger partial charge >= 0.3 is 6.18 Å². The molecule has 0 fully saturated rings. The van der Waals surface area contributed by atoms with Crippen LogP contribution in [-0.4, -0.2) is 5.91 Å². The van der Waals surface area contributed by atoms with Crippen LogP contribution in [0.4, 0.5) is 24.5 Å². The van der Waals surface area contributed by atoms with E-state index in [1.807, 2.05) is 0 Å². The fourth-order valence-corrected chi connectivity index (χ4v) is 2.24. The van der Waals surface area contributed by atoms with Gasteiger partial charge in [-0.3, -0.25) is 4.79 Å². The minimum absolute atomic E-state index is 0.192. The Bertz CT molecular complexity index is 607. The highest BCUT2D eigenvalue weighted by molar-refractivity contribution is 7.12. The van der Waals surface area contributed by atoms with Gasteiger partial charge in [0.15, 0.2) is 0 Å². The number of rotatable bonds is 2. The first-order valence-electron chi connectivity index (χ1n) is 5.20. The van der Waals surface area contributed by atoms with Crippen LogP contribution in [0.25, 0.3) is 0 Å². The summed E-state index contributed by atoms with van der Waals surface area (Å²) < 4.78 is 38.2. The summed E-state index contributed by atoms with van der Waals surface area (Å²) in [4.78, 5) is 12.0. The summed E-state index contributed by atoms with van der Waals surface area (Å²) in [5, 5.41) is 3.83. The molecule has 2 aromatic rings. The van der Waals surface area contributed by atoms with E-state index in [4.69, 9.17) is 5.73 Å². The number of carbonyl (C=O) groups excluding carboxylic acids is 1. The summed E-state index contributed by atoms with van der Waals surface area (Å²) in [6, 6.07) is 6.31. The molecule has 0 saturated heterocycles. The maximum absolute atomic E-state index is 12.7. The molecule has 1 amide bonds. The van der Waals surface area contributed by atoms with Crippen molar-refractivity contribution in [2.75, 3.05) is 11.1 Å². The Balaban J connectivity index is 2.30. The average Bonchev–Trinajstić information content (AvgIpc) is 2.75. The van der Waals surface area contributed by atoms with Crippen LogP contribution in [0.2, 0.25) is 0 Å². The highest BCUT2D eigenvalue weighted by atomic mass is 32.1. The second-order valence-corrected chi connectivity index (χ2v) is 4.62. The molecule has 0 spiro atoms. The molecule has 1 heterocycles. The largest absolute Gasteiger partial charge is 0.418 e. The Morgan fingerprint density at radius 2 is 1.89 bits per heavy atom. The van der Waals surface area contributed by atoms with E-state index < -0.39 is 17.6 Å². The number of nitrogens with one attached hydrogen (secondary N) is 1. The second kappa shape index (κ2) is 4.93. The van der Waals surface area contributed by atoms with E-state index >= 15 is 0 Å². The number of alkyl halides is 3. The third-order valence-corrected chi connectivity index (χ3v) is 3.31. The maximum atomic E-state index is 12.7. The molecule has 2 rings (SSSR count). The lowest BCUT2D eigenvalue weighted by Crippen LogP contribution is -2.16. The number of hydrogen-bond donors (Lipinski definition) is 2. The molecule has 19 heavy (non-hydrogen) atoms. The zero-order valence-corrected chi connectivity index (χ0v) is 10.3. The molecule has 0 unspecified atom stereocenters. The van der Waals surface area contributed by atoms with Gasteiger partial charge in [0, 0.05) is 0 Å². The third-order valence-electron chi connectivity index (χ3n) is 2.38. The van der Waals surface area contributed by atoms with Crippen LogP contribution in [0.1, 0.15) is 15.2 Å². The standard InChI is InChI=1S/C12H9F3N2OS/c13-12(14,15)7-3-1-2-4-9(7)17-11(18)10-8(16)5-6-19-10/h1-6H,16H2,(H,17,18). The number of nitrogen functional groups attached to an aromatic ring is 1. The predicted molar refractivity (Wildman–Crippen MR) is 68.1 cm³/mol. The molecule has 7 heteroatoms. The molecular weight excluding hydrogens is 277 g/mol. The monoisotopic (exact) mass is 286 g/mol. The molecule has 0 aliphatic rings. The van der Waals surface area contributed by atoms with Crippen molar-refractivity contribution in [3.63, 3.8) is 0 Å². The van der Waals surface area contributed by atoms with Crippen LogP contribution < -0.4 is 11.1 Å². The Hall–Kier alpha value is -2.02. The van der Waals surface area contributed by atoms with Crippen molar-refractivity contribution in [2.24, 2.45) is 0 Å². The number of thiophene rings is 1. The summed E-state index contributed by atoms with van der Waals surface area (Å²) in [5.41, 5.74) is 4.61. The number of hydrogen-bond acceptors (Lipinski definition) is 3. The Labute approximate surface area is 110 Å². The molecular formula is C12H9F3N2OS. The second-order valence-electron chi connectivity index (χ2n) is 3.70. The summed E-state index contributed by atoms with van der Waals surface area (Å²) in [6.45, 7) is 0. The lowest BCUT2D eigenvalue weighted by atomic mass is 10.1. The zero-order chi connectivity index (χ0) is 14.0. The van der Waals surface area contributed by atoms with Gasteiger partial charge in [-0.2, -0.15) is 13.2 Å². The quantitative estimate of drug-likeness (QED) is 0.886.